The first kappa shape index (κ1) is 9.13. The van der Waals surface area contributed by atoms with Gasteiger partial charge in [-0.15, -0.1) is 0 Å². The molecule has 64 valence electrons. The van der Waals surface area contributed by atoms with Crippen LogP contribution in [-0.4, -0.2) is 14.8 Å². The molecule has 12 heavy (non-hydrogen) atoms. The summed E-state index contributed by atoms with van der Waals surface area (Å²) in [6.45, 7) is 0. The van der Waals surface area contributed by atoms with Gasteiger partial charge in [-0.25, -0.2) is 0 Å². The highest BCUT2D eigenvalue weighted by Crippen LogP contribution is 2.36. The lowest BCUT2D eigenvalue weighted by atomic mass is 10.3. The summed E-state index contributed by atoms with van der Waals surface area (Å²) in [5, 5.41) is 0. The molecule has 0 fully saturated rings. The standard InChI is InChI=1S/C7H8NO3P/c9-12(10,11)6-4-7-3-1-2-5-8-7/h1-6H,(H2,9,10,11). The monoisotopic (exact) mass is 185 g/mol. The van der Waals surface area contributed by atoms with Gasteiger partial charge in [0.2, 0.25) is 0 Å². The van der Waals surface area contributed by atoms with E-state index in [1.807, 2.05) is 0 Å². The summed E-state index contributed by atoms with van der Waals surface area (Å²) in [6, 6.07) is 5.13. The highest BCUT2D eigenvalue weighted by Gasteiger charge is 2.04. The third-order valence-corrected chi connectivity index (χ3v) is 1.66. The fraction of sp³-hybridized carbons (Fsp3) is 0. The second-order valence-electron chi connectivity index (χ2n) is 2.16. The Balaban J connectivity index is 2.78. The Morgan fingerprint density at radius 1 is 1.42 bits per heavy atom. The average Bonchev–Trinajstić information content (AvgIpc) is 2.02. The number of nitrogens with zero attached hydrogens (tertiary/aromatic N) is 1. The van der Waals surface area contributed by atoms with Gasteiger partial charge in [-0.1, -0.05) is 6.07 Å². The molecule has 4 nitrogen and oxygen atoms in total. The van der Waals surface area contributed by atoms with E-state index in [2.05, 4.69) is 4.98 Å². The van der Waals surface area contributed by atoms with Crippen molar-refractivity contribution in [2.24, 2.45) is 0 Å². The van der Waals surface area contributed by atoms with Crippen LogP contribution in [0.1, 0.15) is 5.69 Å². The summed E-state index contributed by atoms with van der Waals surface area (Å²) in [7, 11) is -4.05. The molecule has 1 aromatic heterocycles. The molecular formula is C7H8NO3P. The van der Waals surface area contributed by atoms with Crippen molar-refractivity contribution in [2.75, 3.05) is 0 Å². The van der Waals surface area contributed by atoms with E-state index in [1.165, 1.54) is 6.08 Å². The molecule has 0 amide bonds. The third kappa shape index (κ3) is 3.44. The SMILES string of the molecule is O=P(O)(O)C=Cc1ccccn1. The highest BCUT2D eigenvalue weighted by molar-refractivity contribution is 7.55. The van der Waals surface area contributed by atoms with Crippen LogP contribution >= 0.6 is 7.60 Å². The summed E-state index contributed by atoms with van der Waals surface area (Å²) in [6.07, 6.45) is 2.85. The zero-order valence-corrected chi connectivity index (χ0v) is 7.06. The first-order chi connectivity index (χ1) is 5.58. The predicted molar refractivity (Wildman–Crippen MR) is 45.3 cm³/mol. The molecule has 0 spiro atoms. The van der Waals surface area contributed by atoms with Gasteiger partial charge in [-0.05, 0) is 18.2 Å². The lowest BCUT2D eigenvalue weighted by molar-refractivity contribution is 0.386. The number of hydrogen-bond donors (Lipinski definition) is 2. The minimum absolute atomic E-state index is 0.529. The van der Waals surface area contributed by atoms with Gasteiger partial charge in [-0.2, -0.15) is 0 Å². The van der Waals surface area contributed by atoms with Gasteiger partial charge < -0.3 is 9.79 Å². The molecule has 0 radical (unpaired) electrons. The van der Waals surface area contributed by atoms with Gasteiger partial charge in [-0.3, -0.25) is 9.55 Å². The Labute approximate surface area is 69.7 Å². The minimum Gasteiger partial charge on any atom is -0.321 e. The Morgan fingerprint density at radius 3 is 2.67 bits per heavy atom. The summed E-state index contributed by atoms with van der Waals surface area (Å²) in [5.74, 6) is 0.829. The highest BCUT2D eigenvalue weighted by atomic mass is 31.2. The molecule has 0 aliphatic heterocycles. The van der Waals surface area contributed by atoms with E-state index in [4.69, 9.17) is 9.79 Å². The van der Waals surface area contributed by atoms with Crippen LogP contribution in [0.25, 0.3) is 6.08 Å². The smallest absolute Gasteiger partial charge is 0.321 e. The van der Waals surface area contributed by atoms with Crippen LogP contribution < -0.4 is 0 Å². The summed E-state index contributed by atoms with van der Waals surface area (Å²) >= 11 is 0. The topological polar surface area (TPSA) is 70.4 Å². The number of hydrogen-bond acceptors (Lipinski definition) is 2. The van der Waals surface area contributed by atoms with Crippen molar-refractivity contribution in [3.05, 3.63) is 35.9 Å². The predicted octanol–water partition coefficient (Wildman–Crippen LogP) is 1.23. The number of aromatic nitrogens is 1. The molecule has 1 aromatic rings. The second kappa shape index (κ2) is 3.63. The van der Waals surface area contributed by atoms with Crippen molar-refractivity contribution in [1.29, 1.82) is 0 Å². The van der Waals surface area contributed by atoms with E-state index in [9.17, 15) is 4.57 Å². The molecule has 0 atom stereocenters. The molecular weight excluding hydrogens is 177 g/mol. The first-order valence-electron chi connectivity index (χ1n) is 3.23. The van der Waals surface area contributed by atoms with Crippen LogP contribution in [0.5, 0.6) is 0 Å². The zero-order valence-electron chi connectivity index (χ0n) is 6.16. The minimum atomic E-state index is -4.05. The molecule has 1 rings (SSSR count). The van der Waals surface area contributed by atoms with Crippen LogP contribution in [0.2, 0.25) is 0 Å². The first-order valence-corrected chi connectivity index (χ1v) is 4.91. The fourth-order valence-corrected chi connectivity index (χ4v) is 0.995. The molecule has 0 aliphatic rings. The Bertz CT molecular complexity index is 317. The van der Waals surface area contributed by atoms with Gasteiger partial charge in [0.1, 0.15) is 0 Å². The molecule has 0 bridgehead atoms. The lowest BCUT2D eigenvalue weighted by Gasteiger charge is -1.93. The van der Waals surface area contributed by atoms with Crippen LogP contribution in [0, 0.1) is 0 Å². The van der Waals surface area contributed by atoms with Crippen molar-refractivity contribution < 1.29 is 14.4 Å². The zero-order chi connectivity index (χ0) is 9.03. The van der Waals surface area contributed by atoms with E-state index in [0.29, 0.717) is 5.69 Å². The Hall–Kier alpha value is -0.960. The van der Waals surface area contributed by atoms with E-state index < -0.39 is 7.60 Å². The molecule has 0 saturated carbocycles. The maximum absolute atomic E-state index is 10.4. The van der Waals surface area contributed by atoms with Gasteiger partial charge in [0, 0.05) is 12.0 Å². The van der Waals surface area contributed by atoms with Gasteiger partial charge in [0.05, 0.1) is 5.69 Å². The molecule has 2 N–H and O–H groups in total. The fourth-order valence-electron chi connectivity index (χ4n) is 0.648. The molecule has 1 heterocycles. The Kier molecular flexibility index (Phi) is 2.76. The quantitative estimate of drug-likeness (QED) is 0.680. The molecule has 0 saturated heterocycles. The van der Waals surface area contributed by atoms with E-state index >= 15 is 0 Å². The van der Waals surface area contributed by atoms with Gasteiger partial charge >= 0.3 is 7.60 Å². The molecule has 5 heteroatoms. The van der Waals surface area contributed by atoms with Gasteiger partial charge in [0.25, 0.3) is 0 Å². The van der Waals surface area contributed by atoms with Crippen LogP contribution in [0.3, 0.4) is 0 Å². The molecule has 0 aliphatic carbocycles. The van der Waals surface area contributed by atoms with Crippen LogP contribution in [0.15, 0.2) is 30.2 Å². The summed E-state index contributed by atoms with van der Waals surface area (Å²) < 4.78 is 10.4. The lowest BCUT2D eigenvalue weighted by Crippen LogP contribution is -1.76. The molecule has 0 unspecified atom stereocenters. The second-order valence-corrected chi connectivity index (χ2v) is 3.64. The van der Waals surface area contributed by atoms with Crippen molar-refractivity contribution >= 4 is 13.7 Å². The average molecular weight is 185 g/mol. The number of pyridine rings is 1. The van der Waals surface area contributed by atoms with E-state index in [1.54, 1.807) is 24.4 Å². The van der Waals surface area contributed by atoms with E-state index in [0.717, 1.165) is 5.82 Å². The maximum Gasteiger partial charge on any atom is 0.349 e. The van der Waals surface area contributed by atoms with E-state index in [-0.39, 0.29) is 0 Å². The van der Waals surface area contributed by atoms with Crippen molar-refractivity contribution in [3.63, 3.8) is 0 Å². The van der Waals surface area contributed by atoms with Crippen LogP contribution in [0.4, 0.5) is 0 Å². The van der Waals surface area contributed by atoms with Crippen molar-refractivity contribution in [1.82, 2.24) is 4.98 Å². The summed E-state index contributed by atoms with van der Waals surface area (Å²) in [4.78, 5) is 20.8. The number of rotatable bonds is 2. The summed E-state index contributed by atoms with van der Waals surface area (Å²) in [5.41, 5.74) is 0.529. The van der Waals surface area contributed by atoms with Crippen LogP contribution in [-0.2, 0) is 4.57 Å². The normalized spacial score (nSPS) is 12.2. The molecule has 0 aromatic carbocycles. The van der Waals surface area contributed by atoms with Gasteiger partial charge in [0.15, 0.2) is 0 Å². The largest absolute Gasteiger partial charge is 0.349 e. The van der Waals surface area contributed by atoms with Crippen molar-refractivity contribution in [3.8, 4) is 0 Å². The Morgan fingerprint density at radius 2 is 2.17 bits per heavy atom. The third-order valence-electron chi connectivity index (χ3n) is 1.13. The maximum atomic E-state index is 10.4. The van der Waals surface area contributed by atoms with Crippen molar-refractivity contribution in [2.45, 2.75) is 0 Å².